The number of pyridine rings is 4. The summed E-state index contributed by atoms with van der Waals surface area (Å²) in [5.41, 5.74) is 4.73. The predicted molar refractivity (Wildman–Crippen MR) is 109 cm³/mol. The van der Waals surface area contributed by atoms with Gasteiger partial charge in [-0.15, -0.1) is 0 Å². The van der Waals surface area contributed by atoms with Crippen molar-refractivity contribution in [3.8, 4) is 34.2 Å². The third-order valence-corrected chi connectivity index (χ3v) is 4.61. The van der Waals surface area contributed by atoms with E-state index in [9.17, 15) is 0 Å². The molecule has 4 rings (SSSR count). The first kappa shape index (κ1) is 17.0. The van der Waals surface area contributed by atoms with Gasteiger partial charge in [0.15, 0.2) is 0 Å². The molecule has 4 aromatic heterocycles. The van der Waals surface area contributed by atoms with Crippen molar-refractivity contribution in [3.63, 3.8) is 0 Å². The van der Waals surface area contributed by atoms with Crippen molar-refractivity contribution in [2.75, 3.05) is 0 Å². The summed E-state index contributed by atoms with van der Waals surface area (Å²) in [5, 5.41) is 0. The van der Waals surface area contributed by atoms with Gasteiger partial charge in [-0.05, 0) is 48.5 Å². The second-order valence-corrected chi connectivity index (χ2v) is 7.37. The van der Waals surface area contributed by atoms with E-state index in [1.165, 1.54) is 0 Å². The van der Waals surface area contributed by atoms with Crippen LogP contribution >= 0.6 is 31.9 Å². The first-order valence-electron chi connectivity index (χ1n) is 7.87. The number of halogens is 2. The van der Waals surface area contributed by atoms with Gasteiger partial charge < -0.3 is 0 Å². The molecular weight excluding hydrogens is 456 g/mol. The maximum absolute atomic E-state index is 4.75. The maximum Gasteiger partial charge on any atom is 0.0906 e. The lowest BCUT2D eigenvalue weighted by Gasteiger charge is -2.08. The Kier molecular flexibility index (Phi) is 4.86. The van der Waals surface area contributed by atoms with Crippen LogP contribution in [0.15, 0.2) is 82.0 Å². The van der Waals surface area contributed by atoms with Crippen LogP contribution in [0.2, 0.25) is 0 Å². The summed E-state index contributed by atoms with van der Waals surface area (Å²) < 4.78 is 1.84. The number of rotatable bonds is 3. The van der Waals surface area contributed by atoms with E-state index < -0.39 is 0 Å². The molecule has 0 fully saturated rings. The highest BCUT2D eigenvalue weighted by molar-refractivity contribution is 9.10. The summed E-state index contributed by atoms with van der Waals surface area (Å²) in [6.07, 6.45) is 3.52. The molecule has 0 aliphatic carbocycles. The molecule has 0 aromatic carbocycles. The van der Waals surface area contributed by atoms with Gasteiger partial charge in [-0.25, -0.2) is 9.97 Å². The van der Waals surface area contributed by atoms with Crippen molar-refractivity contribution in [2.24, 2.45) is 0 Å². The minimum absolute atomic E-state index is 0.763. The van der Waals surface area contributed by atoms with Crippen LogP contribution in [0.25, 0.3) is 34.2 Å². The van der Waals surface area contributed by atoms with Crippen LogP contribution in [-0.2, 0) is 0 Å². The lowest BCUT2D eigenvalue weighted by molar-refractivity contribution is 1.20. The van der Waals surface area contributed by atoms with Crippen LogP contribution in [0.3, 0.4) is 0 Å². The summed E-state index contributed by atoms with van der Waals surface area (Å²) in [4.78, 5) is 18.3. The Morgan fingerprint density at radius 3 is 1.23 bits per heavy atom. The van der Waals surface area contributed by atoms with Gasteiger partial charge in [-0.1, -0.05) is 44.0 Å². The van der Waals surface area contributed by atoms with Gasteiger partial charge in [0.1, 0.15) is 0 Å². The Labute approximate surface area is 167 Å². The highest BCUT2D eigenvalue weighted by Gasteiger charge is 2.11. The molecule has 0 spiro atoms. The zero-order valence-electron chi connectivity index (χ0n) is 13.5. The zero-order valence-corrected chi connectivity index (χ0v) is 16.6. The molecule has 0 N–H and O–H groups in total. The minimum atomic E-state index is 0.763. The van der Waals surface area contributed by atoms with Crippen LogP contribution in [0.1, 0.15) is 0 Å². The summed E-state index contributed by atoms with van der Waals surface area (Å²) >= 11 is 7.14. The topological polar surface area (TPSA) is 51.6 Å². The molecule has 0 saturated carbocycles. The van der Waals surface area contributed by atoms with Crippen LogP contribution in [0.4, 0.5) is 0 Å². The van der Waals surface area contributed by atoms with Crippen LogP contribution in [0, 0.1) is 0 Å². The van der Waals surface area contributed by atoms with E-state index in [4.69, 9.17) is 9.97 Å². The van der Waals surface area contributed by atoms with E-state index in [1.807, 2.05) is 60.7 Å². The molecule has 0 aliphatic rings. The van der Waals surface area contributed by atoms with Crippen LogP contribution in [0.5, 0.6) is 0 Å². The minimum Gasteiger partial charge on any atom is -0.255 e. The smallest absolute Gasteiger partial charge is 0.0906 e. The Hall–Kier alpha value is -2.44. The van der Waals surface area contributed by atoms with Gasteiger partial charge in [-0.2, -0.15) is 0 Å². The molecule has 4 nitrogen and oxygen atoms in total. The Balaban J connectivity index is 1.83. The van der Waals surface area contributed by atoms with Crippen molar-refractivity contribution in [1.82, 2.24) is 19.9 Å². The van der Waals surface area contributed by atoms with Gasteiger partial charge >= 0.3 is 0 Å². The zero-order chi connectivity index (χ0) is 17.9. The maximum atomic E-state index is 4.75. The van der Waals surface area contributed by atoms with E-state index in [-0.39, 0.29) is 0 Å². The van der Waals surface area contributed by atoms with Gasteiger partial charge in [0, 0.05) is 21.3 Å². The van der Waals surface area contributed by atoms with Crippen molar-refractivity contribution >= 4 is 31.9 Å². The van der Waals surface area contributed by atoms with Gasteiger partial charge in [0.05, 0.1) is 34.2 Å². The largest absolute Gasteiger partial charge is 0.255 e. The molecule has 126 valence electrons. The second-order valence-electron chi connectivity index (χ2n) is 5.54. The van der Waals surface area contributed by atoms with E-state index >= 15 is 0 Å². The monoisotopic (exact) mass is 466 g/mol. The normalized spacial score (nSPS) is 10.7. The van der Waals surface area contributed by atoms with Crippen LogP contribution in [-0.4, -0.2) is 19.9 Å². The predicted octanol–water partition coefficient (Wildman–Crippen LogP) is 5.79. The summed E-state index contributed by atoms with van der Waals surface area (Å²) in [7, 11) is 0. The summed E-state index contributed by atoms with van der Waals surface area (Å²) in [5.74, 6) is 0. The van der Waals surface area contributed by atoms with Crippen LogP contribution < -0.4 is 0 Å². The van der Waals surface area contributed by atoms with E-state index in [0.717, 1.165) is 43.1 Å². The molecule has 0 amide bonds. The molecule has 0 unspecified atom stereocenters. The fourth-order valence-electron chi connectivity index (χ4n) is 2.55. The lowest BCUT2D eigenvalue weighted by Crippen LogP contribution is -1.95. The first-order chi connectivity index (χ1) is 12.7. The molecule has 4 aromatic rings. The standard InChI is InChI=1S/C20H12Br2N4/c21-13-9-17(15-5-1-3-7-23-15)25-19(11-13)20-12-14(22)10-18(26-20)16-6-2-4-8-24-16/h1-12H. The Bertz CT molecular complexity index is 967. The van der Waals surface area contributed by atoms with Crippen molar-refractivity contribution in [2.45, 2.75) is 0 Å². The summed E-state index contributed by atoms with van der Waals surface area (Å²) in [6, 6.07) is 19.3. The number of hydrogen-bond donors (Lipinski definition) is 0. The molecule has 0 radical (unpaired) electrons. The van der Waals surface area contributed by atoms with Gasteiger partial charge in [-0.3, -0.25) is 9.97 Å². The Morgan fingerprint density at radius 1 is 0.500 bits per heavy atom. The van der Waals surface area contributed by atoms with E-state index in [0.29, 0.717) is 0 Å². The summed E-state index contributed by atoms with van der Waals surface area (Å²) in [6.45, 7) is 0. The second kappa shape index (κ2) is 7.43. The average Bonchev–Trinajstić information content (AvgIpc) is 2.68. The number of nitrogens with zero attached hydrogens (tertiary/aromatic N) is 4. The molecule has 4 heterocycles. The SMILES string of the molecule is Brc1cc(-c2ccccn2)nc(-c2cc(Br)cc(-c3ccccn3)n2)c1. The van der Waals surface area contributed by atoms with Crippen molar-refractivity contribution in [3.05, 3.63) is 82.0 Å². The molecule has 0 saturated heterocycles. The quantitative estimate of drug-likeness (QED) is 0.382. The molecule has 0 aliphatic heterocycles. The lowest BCUT2D eigenvalue weighted by atomic mass is 10.1. The molecule has 26 heavy (non-hydrogen) atoms. The first-order valence-corrected chi connectivity index (χ1v) is 9.46. The highest BCUT2D eigenvalue weighted by Crippen LogP contribution is 2.29. The Morgan fingerprint density at radius 2 is 0.885 bits per heavy atom. The number of hydrogen-bond acceptors (Lipinski definition) is 4. The number of aromatic nitrogens is 4. The highest BCUT2D eigenvalue weighted by atomic mass is 79.9. The third kappa shape index (κ3) is 3.71. The molecular formula is C20H12Br2N4. The third-order valence-electron chi connectivity index (χ3n) is 3.70. The van der Waals surface area contributed by atoms with Crippen molar-refractivity contribution < 1.29 is 0 Å². The molecule has 0 atom stereocenters. The van der Waals surface area contributed by atoms with Gasteiger partial charge in [0.2, 0.25) is 0 Å². The fourth-order valence-corrected chi connectivity index (χ4v) is 3.42. The fraction of sp³-hybridized carbons (Fsp3) is 0. The molecule has 0 bridgehead atoms. The molecule has 6 heteroatoms. The average molecular weight is 468 g/mol. The van der Waals surface area contributed by atoms with E-state index in [1.54, 1.807) is 12.4 Å². The van der Waals surface area contributed by atoms with Crippen molar-refractivity contribution in [1.29, 1.82) is 0 Å². The van der Waals surface area contributed by atoms with Gasteiger partial charge in [0.25, 0.3) is 0 Å². The van der Waals surface area contributed by atoms with E-state index in [2.05, 4.69) is 41.8 Å².